The van der Waals surface area contributed by atoms with E-state index in [1.165, 1.54) is 0 Å². The highest BCUT2D eigenvalue weighted by Gasteiger charge is 2.23. The van der Waals surface area contributed by atoms with Gasteiger partial charge >= 0.3 is 0 Å². The summed E-state index contributed by atoms with van der Waals surface area (Å²) < 4.78 is 1.06. The monoisotopic (exact) mass is 295 g/mol. The van der Waals surface area contributed by atoms with E-state index in [1.807, 2.05) is 25.3 Å². The van der Waals surface area contributed by atoms with Gasteiger partial charge in [-0.05, 0) is 35.8 Å². The summed E-state index contributed by atoms with van der Waals surface area (Å²) in [4.78, 5) is 8.56. The summed E-state index contributed by atoms with van der Waals surface area (Å²) in [6.45, 7) is 3.69. The van der Waals surface area contributed by atoms with E-state index in [4.69, 9.17) is 5.26 Å². The van der Waals surface area contributed by atoms with E-state index in [9.17, 15) is 0 Å². The number of thiophene rings is 1. The predicted octanol–water partition coefficient (Wildman–Crippen LogP) is 3.70. The number of rotatable bonds is 2. The maximum Gasteiger partial charge on any atom is 0.126 e. The lowest BCUT2D eigenvalue weighted by Crippen LogP contribution is -2.15. The summed E-state index contributed by atoms with van der Waals surface area (Å²) in [5.74, 6) is 0.703. The molecule has 82 valence electrons. The van der Waals surface area contributed by atoms with Crippen LogP contribution >= 0.6 is 27.3 Å². The minimum absolute atomic E-state index is 0.577. The lowest BCUT2D eigenvalue weighted by molar-refractivity contribution is 0.640. The highest BCUT2D eigenvalue weighted by atomic mass is 79.9. The molecule has 5 heteroatoms. The molecule has 0 saturated carbocycles. The van der Waals surface area contributed by atoms with Crippen LogP contribution in [0.2, 0.25) is 0 Å². The molecule has 0 bridgehead atoms. The summed E-state index contributed by atoms with van der Waals surface area (Å²) in [6, 6.07) is 4.26. The van der Waals surface area contributed by atoms with Crippen LogP contribution in [0.1, 0.15) is 19.7 Å². The number of halogens is 1. The summed E-state index contributed by atoms with van der Waals surface area (Å²) >= 11 is 5.05. The molecule has 0 aromatic carbocycles. The van der Waals surface area contributed by atoms with Crippen molar-refractivity contribution in [2.24, 2.45) is 0 Å². The van der Waals surface area contributed by atoms with Gasteiger partial charge in [-0.2, -0.15) is 5.26 Å². The smallest absolute Gasteiger partial charge is 0.126 e. The SMILES string of the molecule is CC(C)(C#N)c1ncc(-c2cc(Br)cs2)[nH]1. The second kappa shape index (κ2) is 4.04. The fraction of sp³-hybridized carbons (Fsp3) is 0.273. The highest BCUT2D eigenvalue weighted by molar-refractivity contribution is 9.10. The molecule has 0 unspecified atom stereocenters. The molecule has 0 fully saturated rings. The van der Waals surface area contributed by atoms with Crippen LogP contribution in [0.5, 0.6) is 0 Å². The van der Waals surface area contributed by atoms with E-state index in [-0.39, 0.29) is 0 Å². The van der Waals surface area contributed by atoms with Crippen LogP contribution in [0.25, 0.3) is 10.6 Å². The fourth-order valence-corrected chi connectivity index (χ4v) is 2.67. The van der Waals surface area contributed by atoms with Gasteiger partial charge in [0, 0.05) is 9.85 Å². The Morgan fingerprint density at radius 3 is 2.88 bits per heavy atom. The van der Waals surface area contributed by atoms with E-state index in [0.717, 1.165) is 15.0 Å². The summed E-state index contributed by atoms with van der Waals surface area (Å²) in [7, 11) is 0. The van der Waals surface area contributed by atoms with Crippen molar-refractivity contribution in [2.45, 2.75) is 19.3 Å². The molecule has 2 rings (SSSR count). The van der Waals surface area contributed by atoms with Crippen molar-refractivity contribution in [3.8, 4) is 16.6 Å². The van der Waals surface area contributed by atoms with E-state index in [0.29, 0.717) is 5.82 Å². The topological polar surface area (TPSA) is 52.5 Å². The largest absolute Gasteiger partial charge is 0.340 e. The van der Waals surface area contributed by atoms with E-state index in [1.54, 1.807) is 17.5 Å². The van der Waals surface area contributed by atoms with E-state index < -0.39 is 5.41 Å². The fourth-order valence-electron chi connectivity index (χ4n) is 1.27. The van der Waals surface area contributed by atoms with Gasteiger partial charge in [0.2, 0.25) is 0 Å². The Labute approximate surface area is 106 Å². The third-order valence-electron chi connectivity index (χ3n) is 2.28. The number of nitrogens with zero attached hydrogens (tertiary/aromatic N) is 2. The highest BCUT2D eigenvalue weighted by Crippen LogP contribution is 2.30. The molecule has 0 saturated heterocycles. The molecular formula is C11H10BrN3S. The van der Waals surface area contributed by atoms with Gasteiger partial charge in [-0.1, -0.05) is 0 Å². The Hall–Kier alpha value is -1.12. The maximum atomic E-state index is 9.02. The molecule has 0 aliphatic rings. The Kier molecular flexibility index (Phi) is 2.87. The number of nitrogens with one attached hydrogen (secondary N) is 1. The first-order valence-electron chi connectivity index (χ1n) is 4.74. The van der Waals surface area contributed by atoms with Crippen molar-refractivity contribution in [2.75, 3.05) is 0 Å². The number of hydrogen-bond donors (Lipinski definition) is 1. The number of aromatic amines is 1. The molecule has 3 nitrogen and oxygen atoms in total. The molecule has 16 heavy (non-hydrogen) atoms. The average molecular weight is 296 g/mol. The van der Waals surface area contributed by atoms with Gasteiger partial charge < -0.3 is 4.98 Å². The zero-order valence-electron chi connectivity index (χ0n) is 8.91. The minimum atomic E-state index is -0.577. The summed E-state index contributed by atoms with van der Waals surface area (Å²) in [5, 5.41) is 11.0. The molecule has 2 aromatic heterocycles. The molecule has 0 spiro atoms. The van der Waals surface area contributed by atoms with Gasteiger partial charge in [-0.3, -0.25) is 0 Å². The first-order chi connectivity index (χ1) is 7.53. The molecule has 1 N–H and O–H groups in total. The van der Waals surface area contributed by atoms with Crippen LogP contribution in [-0.4, -0.2) is 9.97 Å². The molecule has 2 aromatic rings. The lowest BCUT2D eigenvalue weighted by atomic mass is 9.95. The van der Waals surface area contributed by atoms with Crippen LogP contribution in [0.3, 0.4) is 0 Å². The summed E-state index contributed by atoms with van der Waals surface area (Å²) in [6.07, 6.45) is 1.77. The van der Waals surface area contributed by atoms with Gasteiger partial charge in [0.15, 0.2) is 0 Å². The van der Waals surface area contributed by atoms with Crippen molar-refractivity contribution in [1.29, 1.82) is 5.26 Å². The Morgan fingerprint density at radius 2 is 2.31 bits per heavy atom. The Bertz CT molecular complexity index is 548. The van der Waals surface area contributed by atoms with Gasteiger partial charge in [-0.25, -0.2) is 4.98 Å². The molecule has 0 aliphatic carbocycles. The second-order valence-electron chi connectivity index (χ2n) is 4.01. The third-order valence-corrected chi connectivity index (χ3v) is 4.00. The van der Waals surface area contributed by atoms with Crippen molar-refractivity contribution in [1.82, 2.24) is 9.97 Å². The second-order valence-corrected chi connectivity index (χ2v) is 5.84. The van der Waals surface area contributed by atoms with Crippen LogP contribution in [-0.2, 0) is 5.41 Å². The van der Waals surface area contributed by atoms with Crippen molar-refractivity contribution in [3.63, 3.8) is 0 Å². The average Bonchev–Trinajstić information content (AvgIpc) is 2.85. The molecule has 0 aliphatic heterocycles. The first-order valence-corrected chi connectivity index (χ1v) is 6.41. The van der Waals surface area contributed by atoms with E-state index >= 15 is 0 Å². The van der Waals surface area contributed by atoms with Crippen LogP contribution < -0.4 is 0 Å². The molecular weight excluding hydrogens is 286 g/mol. The zero-order valence-corrected chi connectivity index (χ0v) is 11.3. The van der Waals surface area contributed by atoms with Gasteiger partial charge in [0.05, 0.1) is 22.8 Å². The number of imidazole rings is 1. The molecule has 0 amide bonds. The number of hydrogen-bond acceptors (Lipinski definition) is 3. The standard InChI is InChI=1S/C11H10BrN3S/c1-11(2,6-13)10-14-4-8(15-10)9-3-7(12)5-16-9/h3-5H,1-2H3,(H,14,15). The lowest BCUT2D eigenvalue weighted by Gasteiger charge is -2.10. The van der Waals surface area contributed by atoms with Crippen LogP contribution in [0, 0.1) is 11.3 Å². The number of H-pyrrole nitrogens is 1. The Morgan fingerprint density at radius 1 is 1.56 bits per heavy atom. The molecule has 0 radical (unpaired) electrons. The number of aromatic nitrogens is 2. The van der Waals surface area contributed by atoms with Crippen LogP contribution in [0.15, 0.2) is 22.1 Å². The number of nitriles is 1. The third kappa shape index (κ3) is 2.04. The van der Waals surface area contributed by atoms with Gasteiger partial charge in [0.25, 0.3) is 0 Å². The first kappa shape index (κ1) is 11.4. The quantitative estimate of drug-likeness (QED) is 0.918. The zero-order chi connectivity index (χ0) is 11.8. The molecule has 0 atom stereocenters. The normalized spacial score (nSPS) is 11.4. The summed E-state index contributed by atoms with van der Waals surface area (Å²) in [5.41, 5.74) is 0.376. The van der Waals surface area contributed by atoms with Crippen LogP contribution in [0.4, 0.5) is 0 Å². The van der Waals surface area contributed by atoms with Crippen molar-refractivity contribution >= 4 is 27.3 Å². The van der Waals surface area contributed by atoms with Crippen molar-refractivity contribution in [3.05, 3.63) is 27.9 Å². The van der Waals surface area contributed by atoms with Gasteiger partial charge in [0.1, 0.15) is 11.2 Å². The van der Waals surface area contributed by atoms with Crippen molar-refractivity contribution < 1.29 is 0 Å². The Balaban J connectivity index is 2.38. The predicted molar refractivity (Wildman–Crippen MR) is 68.2 cm³/mol. The maximum absolute atomic E-state index is 9.02. The van der Waals surface area contributed by atoms with Gasteiger partial charge in [-0.15, -0.1) is 11.3 Å². The molecule has 2 heterocycles. The van der Waals surface area contributed by atoms with E-state index in [2.05, 4.69) is 32.0 Å². The minimum Gasteiger partial charge on any atom is -0.340 e.